The second kappa shape index (κ2) is 7.58. The summed E-state index contributed by atoms with van der Waals surface area (Å²) in [6.07, 6.45) is 8.56. The normalized spacial score (nSPS) is 28.0. The van der Waals surface area contributed by atoms with Crippen molar-refractivity contribution in [2.75, 3.05) is 5.32 Å². The number of oxazole rings is 1. The van der Waals surface area contributed by atoms with Crippen LogP contribution in [0.25, 0.3) is 11.3 Å². The molecule has 25 heavy (non-hydrogen) atoms. The summed E-state index contributed by atoms with van der Waals surface area (Å²) in [7, 11) is 0. The van der Waals surface area contributed by atoms with Crippen LogP contribution in [-0.4, -0.2) is 16.9 Å². The number of carbonyl (C=O) groups is 1. The maximum atomic E-state index is 12.6. The van der Waals surface area contributed by atoms with Crippen LogP contribution in [0.5, 0.6) is 0 Å². The molecule has 2 aliphatic carbocycles. The third-order valence-corrected chi connectivity index (χ3v) is 5.65. The number of nitrogens with two attached hydrogens (primary N) is 1. The van der Waals surface area contributed by atoms with E-state index >= 15 is 0 Å². The maximum Gasteiger partial charge on any atom is 0.227 e. The summed E-state index contributed by atoms with van der Waals surface area (Å²) in [5, 5.41) is 3.06. The van der Waals surface area contributed by atoms with Crippen molar-refractivity contribution in [3.63, 3.8) is 0 Å². The molecule has 2 aliphatic rings. The van der Waals surface area contributed by atoms with E-state index in [4.69, 9.17) is 10.2 Å². The molecule has 134 valence electrons. The molecule has 2 atom stereocenters. The van der Waals surface area contributed by atoms with Gasteiger partial charge in [0.15, 0.2) is 12.2 Å². The molecule has 0 saturated heterocycles. The smallest absolute Gasteiger partial charge is 0.227 e. The molecule has 0 spiro atoms. The van der Waals surface area contributed by atoms with E-state index in [9.17, 15) is 4.79 Å². The number of aromatic nitrogens is 1. The second-order valence-corrected chi connectivity index (χ2v) is 7.13. The number of anilines is 1. The lowest BCUT2D eigenvalue weighted by molar-refractivity contribution is -0.122. The largest absolute Gasteiger partial charge is 0.444 e. The van der Waals surface area contributed by atoms with Gasteiger partial charge in [-0.2, -0.15) is 0 Å². The number of nitrogens with zero attached hydrogens (tertiary/aromatic N) is 1. The Kier molecular flexibility index (Phi) is 5.45. The Labute approximate surface area is 153 Å². The Balaban J connectivity index is 0.00000182. The average Bonchev–Trinajstić information content (AvgIpc) is 3.09. The minimum atomic E-state index is 0. The van der Waals surface area contributed by atoms with E-state index in [1.165, 1.54) is 25.7 Å². The van der Waals surface area contributed by atoms with Crippen molar-refractivity contribution < 1.29 is 9.21 Å². The van der Waals surface area contributed by atoms with Crippen LogP contribution in [0.1, 0.15) is 32.1 Å². The van der Waals surface area contributed by atoms with Crippen molar-refractivity contribution in [3.05, 3.63) is 36.9 Å². The molecule has 6 heteroatoms. The molecule has 1 heterocycles. The molecule has 2 fully saturated rings. The van der Waals surface area contributed by atoms with Crippen LogP contribution in [0.3, 0.4) is 0 Å². The highest BCUT2D eigenvalue weighted by Gasteiger charge is 2.40. The molecular weight excluding hydrogens is 338 g/mol. The fourth-order valence-corrected chi connectivity index (χ4v) is 4.32. The Morgan fingerprint density at radius 2 is 1.84 bits per heavy atom. The molecule has 2 saturated carbocycles. The highest BCUT2D eigenvalue weighted by atomic mass is 35.5. The summed E-state index contributed by atoms with van der Waals surface area (Å²) in [4.78, 5) is 16.6. The zero-order chi connectivity index (χ0) is 16.5. The van der Waals surface area contributed by atoms with Gasteiger partial charge < -0.3 is 15.5 Å². The first kappa shape index (κ1) is 18.0. The van der Waals surface area contributed by atoms with E-state index in [-0.39, 0.29) is 24.2 Å². The number of benzene rings is 1. The van der Waals surface area contributed by atoms with Crippen molar-refractivity contribution in [2.45, 2.75) is 38.1 Å². The number of halogens is 1. The highest BCUT2D eigenvalue weighted by molar-refractivity contribution is 5.92. The standard InChI is InChI=1S/C19H23N3O2.ClH/c20-18-13-2-1-3-14(18)9-15(8-13)19(23)22-16-6-4-12(5-7-16)17-10-21-11-24-17;/h4-7,10-11,13-15,18H,1-3,8-9,20H2,(H,22,23);1H. The number of amides is 1. The zero-order valence-corrected chi connectivity index (χ0v) is 14.9. The third kappa shape index (κ3) is 3.72. The van der Waals surface area contributed by atoms with Gasteiger partial charge in [0.2, 0.25) is 5.91 Å². The summed E-state index contributed by atoms with van der Waals surface area (Å²) in [6, 6.07) is 7.98. The summed E-state index contributed by atoms with van der Waals surface area (Å²) in [6.45, 7) is 0. The number of nitrogens with one attached hydrogen (secondary N) is 1. The summed E-state index contributed by atoms with van der Waals surface area (Å²) in [5.74, 6) is 1.98. The van der Waals surface area contributed by atoms with E-state index in [1.807, 2.05) is 24.3 Å². The van der Waals surface area contributed by atoms with Crippen LogP contribution < -0.4 is 11.1 Å². The van der Waals surface area contributed by atoms with Crippen molar-refractivity contribution in [3.8, 4) is 11.3 Å². The molecule has 1 aromatic carbocycles. The maximum absolute atomic E-state index is 12.6. The average molecular weight is 362 g/mol. The number of hydrogen-bond donors (Lipinski definition) is 2. The molecule has 5 nitrogen and oxygen atoms in total. The van der Waals surface area contributed by atoms with Gasteiger partial charge in [-0.25, -0.2) is 4.98 Å². The fourth-order valence-electron chi connectivity index (χ4n) is 4.32. The van der Waals surface area contributed by atoms with Crippen LogP contribution in [0.15, 0.2) is 41.3 Å². The van der Waals surface area contributed by atoms with Gasteiger partial charge in [-0.15, -0.1) is 12.4 Å². The molecule has 1 aromatic heterocycles. The lowest BCUT2D eigenvalue weighted by Gasteiger charge is -2.43. The van der Waals surface area contributed by atoms with Crippen LogP contribution >= 0.6 is 12.4 Å². The Bertz CT molecular complexity index is 688. The number of fused-ring (bicyclic) bond motifs is 2. The molecule has 4 rings (SSSR count). The van der Waals surface area contributed by atoms with Gasteiger partial charge in [0.1, 0.15) is 0 Å². The fraction of sp³-hybridized carbons (Fsp3) is 0.474. The van der Waals surface area contributed by atoms with Gasteiger partial charge in [0, 0.05) is 23.2 Å². The minimum Gasteiger partial charge on any atom is -0.444 e. The van der Waals surface area contributed by atoms with E-state index < -0.39 is 0 Å². The van der Waals surface area contributed by atoms with Crippen LogP contribution in [-0.2, 0) is 4.79 Å². The number of carbonyl (C=O) groups excluding carboxylic acids is 1. The summed E-state index contributed by atoms with van der Waals surface area (Å²) < 4.78 is 5.28. The number of rotatable bonds is 3. The molecule has 1 amide bonds. The third-order valence-electron chi connectivity index (χ3n) is 5.65. The summed E-state index contributed by atoms with van der Waals surface area (Å²) in [5.41, 5.74) is 8.09. The molecule has 0 aliphatic heterocycles. The molecular formula is C19H24ClN3O2. The molecule has 3 N–H and O–H groups in total. The lowest BCUT2D eigenvalue weighted by Crippen LogP contribution is -2.48. The zero-order valence-electron chi connectivity index (χ0n) is 14.1. The topological polar surface area (TPSA) is 81.2 Å². The monoisotopic (exact) mass is 361 g/mol. The van der Waals surface area contributed by atoms with Crippen molar-refractivity contribution >= 4 is 24.0 Å². The Morgan fingerprint density at radius 1 is 1.16 bits per heavy atom. The molecule has 0 radical (unpaired) electrons. The number of hydrogen-bond acceptors (Lipinski definition) is 4. The van der Waals surface area contributed by atoms with Gasteiger partial charge in [0.25, 0.3) is 0 Å². The Morgan fingerprint density at radius 3 is 2.44 bits per heavy atom. The first-order chi connectivity index (χ1) is 11.7. The van der Waals surface area contributed by atoms with Gasteiger partial charge in [0.05, 0.1) is 6.20 Å². The van der Waals surface area contributed by atoms with Gasteiger partial charge in [-0.1, -0.05) is 6.42 Å². The summed E-state index contributed by atoms with van der Waals surface area (Å²) >= 11 is 0. The van der Waals surface area contributed by atoms with Gasteiger partial charge in [-0.3, -0.25) is 4.79 Å². The predicted octanol–water partition coefficient (Wildman–Crippen LogP) is 3.86. The quantitative estimate of drug-likeness (QED) is 0.869. The van der Waals surface area contributed by atoms with Crippen molar-refractivity contribution in [1.29, 1.82) is 0 Å². The van der Waals surface area contributed by atoms with Gasteiger partial charge in [-0.05, 0) is 61.8 Å². The Hall–Kier alpha value is -1.85. The van der Waals surface area contributed by atoms with Gasteiger partial charge >= 0.3 is 0 Å². The van der Waals surface area contributed by atoms with E-state index in [1.54, 1.807) is 6.20 Å². The van der Waals surface area contributed by atoms with E-state index in [0.717, 1.165) is 29.9 Å². The van der Waals surface area contributed by atoms with E-state index in [2.05, 4.69) is 10.3 Å². The van der Waals surface area contributed by atoms with Crippen molar-refractivity contribution in [2.24, 2.45) is 23.5 Å². The molecule has 2 unspecified atom stereocenters. The first-order valence-electron chi connectivity index (χ1n) is 8.76. The van der Waals surface area contributed by atoms with Crippen LogP contribution in [0.4, 0.5) is 5.69 Å². The minimum absolute atomic E-state index is 0. The first-order valence-corrected chi connectivity index (χ1v) is 8.76. The highest BCUT2D eigenvalue weighted by Crippen LogP contribution is 2.42. The van der Waals surface area contributed by atoms with Crippen LogP contribution in [0, 0.1) is 17.8 Å². The lowest BCUT2D eigenvalue weighted by atomic mass is 9.65. The predicted molar refractivity (Wildman–Crippen MR) is 99.3 cm³/mol. The van der Waals surface area contributed by atoms with Crippen LogP contribution in [0.2, 0.25) is 0 Å². The molecule has 2 aromatic rings. The van der Waals surface area contributed by atoms with Crippen molar-refractivity contribution in [1.82, 2.24) is 4.98 Å². The second-order valence-electron chi connectivity index (χ2n) is 7.13. The SMILES string of the molecule is Cl.NC1C2CCCC1CC(C(=O)Nc1ccc(-c3cnco3)cc1)C2. The van der Waals surface area contributed by atoms with E-state index in [0.29, 0.717) is 17.9 Å². The molecule has 2 bridgehead atoms.